The molecule has 0 atom stereocenters. The average Bonchev–Trinajstić information content (AvgIpc) is 3.10. The Bertz CT molecular complexity index is 918. The van der Waals surface area contributed by atoms with Crippen molar-refractivity contribution in [3.63, 3.8) is 0 Å². The molecule has 0 aliphatic rings. The lowest BCUT2D eigenvalue weighted by Crippen LogP contribution is -2.14. The first kappa shape index (κ1) is 18.4. The highest BCUT2D eigenvalue weighted by atomic mass is 35.5. The summed E-state index contributed by atoms with van der Waals surface area (Å²) in [5.74, 6) is 1.23. The molecule has 0 fully saturated rings. The smallest absolute Gasteiger partial charge is 0.344 e. The third-order valence-corrected chi connectivity index (χ3v) is 4.51. The number of hydrogen-bond acceptors (Lipinski definition) is 4. The van der Waals surface area contributed by atoms with E-state index in [0.29, 0.717) is 32.9 Å². The maximum Gasteiger partial charge on any atom is 0.344 e. The Morgan fingerprint density at radius 1 is 1.04 bits per heavy atom. The van der Waals surface area contributed by atoms with E-state index in [9.17, 15) is 4.79 Å². The highest BCUT2D eigenvalue weighted by Gasteiger charge is 2.12. The molecule has 134 valence electrons. The first-order valence-electron chi connectivity index (χ1n) is 7.92. The van der Waals surface area contributed by atoms with Crippen LogP contribution >= 0.6 is 23.2 Å². The Morgan fingerprint density at radius 3 is 2.65 bits per heavy atom. The zero-order chi connectivity index (χ0) is 18.5. The number of rotatable bonds is 6. The molecule has 0 bridgehead atoms. The number of ether oxygens (including phenoxy) is 2. The summed E-state index contributed by atoms with van der Waals surface area (Å²) in [6, 6.07) is 16.2. The summed E-state index contributed by atoms with van der Waals surface area (Å²) < 4.78 is 16.3. The molecule has 3 aromatic rings. The molecule has 2 aromatic carbocycles. The molecule has 6 heteroatoms. The van der Waals surface area contributed by atoms with Crippen molar-refractivity contribution in [1.29, 1.82) is 0 Å². The molecule has 0 spiro atoms. The SMILES string of the molecule is Cc1ccccc1OCC(=O)OCc1ccc(-c2cccc(Cl)c2Cl)o1. The highest BCUT2D eigenvalue weighted by molar-refractivity contribution is 6.43. The molecule has 1 aromatic heterocycles. The van der Waals surface area contributed by atoms with Crippen LogP contribution in [0.2, 0.25) is 10.0 Å². The lowest BCUT2D eigenvalue weighted by molar-refractivity contribution is -0.147. The van der Waals surface area contributed by atoms with Crippen molar-refractivity contribution < 1.29 is 18.7 Å². The minimum Gasteiger partial charge on any atom is -0.482 e. The Morgan fingerprint density at radius 2 is 1.85 bits per heavy atom. The largest absolute Gasteiger partial charge is 0.482 e. The highest BCUT2D eigenvalue weighted by Crippen LogP contribution is 2.34. The molecule has 3 rings (SSSR count). The number of carbonyl (C=O) groups is 1. The predicted molar refractivity (Wildman–Crippen MR) is 101 cm³/mol. The van der Waals surface area contributed by atoms with Gasteiger partial charge in [-0.25, -0.2) is 4.79 Å². The summed E-state index contributed by atoms with van der Waals surface area (Å²) in [6.45, 7) is 1.75. The topological polar surface area (TPSA) is 48.7 Å². The third-order valence-electron chi connectivity index (χ3n) is 3.69. The summed E-state index contributed by atoms with van der Waals surface area (Å²) in [5.41, 5.74) is 1.63. The molecule has 0 saturated heterocycles. The van der Waals surface area contributed by atoms with Gasteiger partial charge in [0.1, 0.15) is 23.9 Å². The molecule has 0 N–H and O–H groups in total. The maximum absolute atomic E-state index is 11.8. The van der Waals surface area contributed by atoms with Gasteiger partial charge >= 0.3 is 5.97 Å². The molecular weight excluding hydrogens is 375 g/mol. The fourth-order valence-electron chi connectivity index (χ4n) is 2.34. The van der Waals surface area contributed by atoms with Gasteiger partial charge in [0, 0.05) is 5.56 Å². The molecule has 0 radical (unpaired) electrons. The minimum atomic E-state index is -0.480. The van der Waals surface area contributed by atoms with Gasteiger partial charge in [0.05, 0.1) is 10.0 Å². The summed E-state index contributed by atoms with van der Waals surface area (Å²) in [6.07, 6.45) is 0. The van der Waals surface area contributed by atoms with E-state index in [1.54, 1.807) is 36.4 Å². The fraction of sp³-hybridized carbons (Fsp3) is 0.150. The van der Waals surface area contributed by atoms with Crippen molar-refractivity contribution in [2.24, 2.45) is 0 Å². The number of benzene rings is 2. The molecule has 26 heavy (non-hydrogen) atoms. The van der Waals surface area contributed by atoms with Crippen molar-refractivity contribution in [1.82, 2.24) is 0 Å². The van der Waals surface area contributed by atoms with Gasteiger partial charge in [0.25, 0.3) is 0 Å². The van der Waals surface area contributed by atoms with Gasteiger partial charge < -0.3 is 13.9 Å². The second kappa shape index (κ2) is 8.30. The zero-order valence-electron chi connectivity index (χ0n) is 14.0. The van der Waals surface area contributed by atoms with Crippen molar-refractivity contribution in [3.05, 3.63) is 76.0 Å². The van der Waals surface area contributed by atoms with Gasteiger partial charge in [0.2, 0.25) is 0 Å². The first-order valence-corrected chi connectivity index (χ1v) is 8.67. The van der Waals surface area contributed by atoms with Crippen LogP contribution in [-0.2, 0) is 16.1 Å². The maximum atomic E-state index is 11.8. The van der Waals surface area contributed by atoms with Crippen molar-refractivity contribution in [2.45, 2.75) is 13.5 Å². The van der Waals surface area contributed by atoms with E-state index in [0.717, 1.165) is 5.56 Å². The first-order chi connectivity index (χ1) is 12.5. The van der Waals surface area contributed by atoms with E-state index in [1.807, 2.05) is 25.1 Å². The summed E-state index contributed by atoms with van der Waals surface area (Å²) in [4.78, 5) is 11.8. The van der Waals surface area contributed by atoms with E-state index >= 15 is 0 Å². The number of carbonyl (C=O) groups excluding carboxylic acids is 1. The quantitative estimate of drug-likeness (QED) is 0.507. The van der Waals surface area contributed by atoms with Crippen LogP contribution in [0.15, 0.2) is 59.0 Å². The molecule has 0 amide bonds. The van der Waals surface area contributed by atoms with Crippen LogP contribution in [0.1, 0.15) is 11.3 Å². The van der Waals surface area contributed by atoms with Gasteiger partial charge in [-0.15, -0.1) is 0 Å². The molecule has 1 heterocycles. The van der Waals surface area contributed by atoms with Gasteiger partial charge in [-0.2, -0.15) is 0 Å². The molecule has 0 saturated carbocycles. The number of halogens is 2. The van der Waals surface area contributed by atoms with Gasteiger partial charge in [-0.3, -0.25) is 0 Å². The second-order valence-electron chi connectivity index (χ2n) is 5.58. The lowest BCUT2D eigenvalue weighted by atomic mass is 10.2. The molecule has 0 unspecified atom stereocenters. The van der Waals surface area contributed by atoms with E-state index in [1.165, 1.54) is 0 Å². The van der Waals surface area contributed by atoms with Crippen LogP contribution in [0.3, 0.4) is 0 Å². The van der Waals surface area contributed by atoms with Crippen LogP contribution in [0.4, 0.5) is 0 Å². The fourth-order valence-corrected chi connectivity index (χ4v) is 2.74. The van der Waals surface area contributed by atoms with Crippen molar-refractivity contribution >= 4 is 29.2 Å². The van der Waals surface area contributed by atoms with Crippen LogP contribution in [0.25, 0.3) is 11.3 Å². The van der Waals surface area contributed by atoms with E-state index < -0.39 is 5.97 Å². The lowest BCUT2D eigenvalue weighted by Gasteiger charge is -2.08. The predicted octanol–water partition coefficient (Wildman–Crippen LogP) is 5.68. The van der Waals surface area contributed by atoms with Crippen LogP contribution in [-0.4, -0.2) is 12.6 Å². The van der Waals surface area contributed by atoms with Crippen LogP contribution in [0.5, 0.6) is 5.75 Å². The van der Waals surface area contributed by atoms with Crippen LogP contribution in [0, 0.1) is 6.92 Å². The van der Waals surface area contributed by atoms with Crippen molar-refractivity contribution in [2.75, 3.05) is 6.61 Å². The number of furan rings is 1. The minimum absolute atomic E-state index is 0.00809. The number of aryl methyl sites for hydroxylation is 1. The Hall–Kier alpha value is -2.43. The number of esters is 1. The standard InChI is InChI=1S/C20H16Cl2O4/c1-13-5-2-3-8-17(13)24-12-19(23)25-11-14-9-10-18(26-14)15-6-4-7-16(21)20(15)22/h2-10H,11-12H2,1H3. The van der Waals surface area contributed by atoms with E-state index in [-0.39, 0.29) is 13.2 Å². The molecule has 0 aliphatic heterocycles. The normalized spacial score (nSPS) is 10.6. The number of hydrogen-bond donors (Lipinski definition) is 0. The average molecular weight is 391 g/mol. The third kappa shape index (κ3) is 4.40. The van der Waals surface area contributed by atoms with E-state index in [2.05, 4.69) is 0 Å². The Labute approximate surface area is 161 Å². The van der Waals surface area contributed by atoms with Gasteiger partial charge in [-0.05, 0) is 42.8 Å². The van der Waals surface area contributed by atoms with Crippen LogP contribution < -0.4 is 4.74 Å². The molecular formula is C20H16Cl2O4. The molecule has 4 nitrogen and oxygen atoms in total. The Balaban J connectivity index is 1.55. The van der Waals surface area contributed by atoms with E-state index in [4.69, 9.17) is 37.1 Å². The zero-order valence-corrected chi connectivity index (χ0v) is 15.5. The van der Waals surface area contributed by atoms with Crippen molar-refractivity contribution in [3.8, 4) is 17.1 Å². The number of para-hydroxylation sites is 1. The van der Waals surface area contributed by atoms with Gasteiger partial charge in [0.15, 0.2) is 6.61 Å². The summed E-state index contributed by atoms with van der Waals surface area (Å²) in [5, 5.41) is 0.862. The second-order valence-corrected chi connectivity index (χ2v) is 6.37. The monoisotopic (exact) mass is 390 g/mol. The van der Waals surface area contributed by atoms with Gasteiger partial charge in [-0.1, -0.05) is 47.5 Å². The summed E-state index contributed by atoms with van der Waals surface area (Å²) in [7, 11) is 0. The summed E-state index contributed by atoms with van der Waals surface area (Å²) >= 11 is 12.2. The Kier molecular flexibility index (Phi) is 5.86. The molecule has 0 aliphatic carbocycles.